The molecule has 2 aliphatic heterocycles. The van der Waals surface area contributed by atoms with Crippen molar-refractivity contribution < 1.29 is 13.9 Å². The van der Waals surface area contributed by atoms with Gasteiger partial charge in [0.1, 0.15) is 23.2 Å². The van der Waals surface area contributed by atoms with Gasteiger partial charge in [-0.3, -0.25) is 4.79 Å². The number of rotatable bonds is 4. The Morgan fingerprint density at radius 2 is 1.96 bits per heavy atom. The summed E-state index contributed by atoms with van der Waals surface area (Å²) >= 11 is 0. The van der Waals surface area contributed by atoms with Gasteiger partial charge in [0.2, 0.25) is 0 Å². The standard InChI is InChI=1S/C18H22FN5O2/c19-14-1-3-15(4-2-14)26-12-17(25)23-8-5-13(6-9-23)18-22-21-16-11-20-7-10-24(16)18/h1-4,13,20H,5-12H2. The summed E-state index contributed by atoms with van der Waals surface area (Å²) in [7, 11) is 0. The topological polar surface area (TPSA) is 72.3 Å². The first kappa shape index (κ1) is 17.0. The summed E-state index contributed by atoms with van der Waals surface area (Å²) in [6.07, 6.45) is 1.77. The number of hydrogen-bond acceptors (Lipinski definition) is 5. The van der Waals surface area contributed by atoms with Crippen molar-refractivity contribution in [2.45, 2.75) is 31.8 Å². The molecule has 0 saturated carbocycles. The van der Waals surface area contributed by atoms with E-state index in [9.17, 15) is 9.18 Å². The summed E-state index contributed by atoms with van der Waals surface area (Å²) in [5, 5.41) is 12.0. The molecule has 1 aromatic carbocycles. The number of ether oxygens (including phenoxy) is 1. The molecule has 1 N–H and O–H groups in total. The highest BCUT2D eigenvalue weighted by atomic mass is 19.1. The predicted octanol–water partition coefficient (Wildman–Crippen LogP) is 1.31. The summed E-state index contributed by atoms with van der Waals surface area (Å²) in [4.78, 5) is 14.2. The summed E-state index contributed by atoms with van der Waals surface area (Å²) in [6.45, 7) is 3.97. The van der Waals surface area contributed by atoms with Crippen molar-refractivity contribution in [3.63, 3.8) is 0 Å². The average molecular weight is 359 g/mol. The predicted molar refractivity (Wildman–Crippen MR) is 92.2 cm³/mol. The third-order valence-corrected chi connectivity index (χ3v) is 5.04. The maximum atomic E-state index is 12.9. The Morgan fingerprint density at radius 1 is 1.19 bits per heavy atom. The van der Waals surface area contributed by atoms with Gasteiger partial charge in [-0.25, -0.2) is 4.39 Å². The summed E-state index contributed by atoms with van der Waals surface area (Å²) in [6, 6.07) is 5.69. The van der Waals surface area contributed by atoms with E-state index in [1.807, 2.05) is 4.90 Å². The van der Waals surface area contributed by atoms with E-state index in [-0.39, 0.29) is 18.3 Å². The van der Waals surface area contributed by atoms with Crippen LogP contribution in [0.1, 0.15) is 30.4 Å². The van der Waals surface area contributed by atoms with Gasteiger partial charge >= 0.3 is 0 Å². The van der Waals surface area contributed by atoms with Crippen molar-refractivity contribution in [3.8, 4) is 5.75 Å². The normalized spacial score (nSPS) is 17.8. The van der Waals surface area contributed by atoms with Crippen LogP contribution in [-0.2, 0) is 17.9 Å². The lowest BCUT2D eigenvalue weighted by Crippen LogP contribution is -2.41. The first-order chi connectivity index (χ1) is 12.7. The van der Waals surface area contributed by atoms with Crippen LogP contribution < -0.4 is 10.1 Å². The van der Waals surface area contributed by atoms with Crippen molar-refractivity contribution in [3.05, 3.63) is 41.7 Å². The van der Waals surface area contributed by atoms with Crippen molar-refractivity contribution in [1.82, 2.24) is 25.0 Å². The number of piperidine rings is 1. The van der Waals surface area contributed by atoms with E-state index in [4.69, 9.17) is 4.74 Å². The lowest BCUT2D eigenvalue weighted by atomic mass is 9.95. The molecule has 8 heteroatoms. The molecule has 0 unspecified atom stereocenters. The Kier molecular flexibility index (Phi) is 4.83. The molecule has 138 valence electrons. The van der Waals surface area contributed by atoms with E-state index < -0.39 is 0 Å². The van der Waals surface area contributed by atoms with Crippen LogP contribution in [0.4, 0.5) is 4.39 Å². The number of nitrogens with zero attached hydrogens (tertiary/aromatic N) is 4. The highest BCUT2D eigenvalue weighted by Gasteiger charge is 2.28. The zero-order chi connectivity index (χ0) is 17.9. The quantitative estimate of drug-likeness (QED) is 0.891. The number of nitrogens with one attached hydrogen (secondary N) is 1. The van der Waals surface area contributed by atoms with Crippen LogP contribution in [-0.4, -0.2) is 51.8 Å². The second-order valence-electron chi connectivity index (χ2n) is 6.70. The van der Waals surface area contributed by atoms with E-state index in [0.717, 1.165) is 44.1 Å². The maximum Gasteiger partial charge on any atom is 0.260 e. The van der Waals surface area contributed by atoms with Crippen LogP contribution in [0.25, 0.3) is 0 Å². The zero-order valence-electron chi connectivity index (χ0n) is 14.5. The molecule has 4 rings (SSSR count). The number of carbonyl (C=O) groups is 1. The molecule has 1 amide bonds. The maximum absolute atomic E-state index is 12.9. The fourth-order valence-electron chi connectivity index (χ4n) is 3.57. The highest BCUT2D eigenvalue weighted by Crippen LogP contribution is 2.28. The molecule has 0 atom stereocenters. The third kappa shape index (κ3) is 3.55. The van der Waals surface area contributed by atoms with Gasteiger partial charge in [0.25, 0.3) is 5.91 Å². The molecule has 1 aromatic heterocycles. The van der Waals surface area contributed by atoms with Gasteiger partial charge in [0.15, 0.2) is 6.61 Å². The molecule has 0 bridgehead atoms. The van der Waals surface area contributed by atoms with Crippen LogP contribution in [0, 0.1) is 5.82 Å². The summed E-state index contributed by atoms with van der Waals surface area (Å²) in [5.41, 5.74) is 0. The van der Waals surface area contributed by atoms with E-state index >= 15 is 0 Å². The van der Waals surface area contributed by atoms with Crippen molar-refractivity contribution in [1.29, 1.82) is 0 Å². The largest absolute Gasteiger partial charge is 0.484 e. The number of fused-ring (bicyclic) bond motifs is 1. The van der Waals surface area contributed by atoms with Gasteiger partial charge < -0.3 is 19.5 Å². The van der Waals surface area contributed by atoms with Crippen LogP contribution in [0.2, 0.25) is 0 Å². The first-order valence-corrected chi connectivity index (χ1v) is 8.99. The Labute approximate surface area is 151 Å². The number of carbonyl (C=O) groups excluding carboxylic acids is 1. The fraction of sp³-hybridized carbons (Fsp3) is 0.500. The number of aromatic nitrogens is 3. The second kappa shape index (κ2) is 7.41. The Balaban J connectivity index is 1.30. The number of amides is 1. The van der Waals surface area contributed by atoms with E-state index in [1.165, 1.54) is 24.3 Å². The summed E-state index contributed by atoms with van der Waals surface area (Å²) in [5.74, 6) is 2.53. The second-order valence-corrected chi connectivity index (χ2v) is 6.70. The molecule has 26 heavy (non-hydrogen) atoms. The van der Waals surface area contributed by atoms with Gasteiger partial charge in [-0.2, -0.15) is 0 Å². The monoisotopic (exact) mass is 359 g/mol. The average Bonchev–Trinajstić information content (AvgIpc) is 3.11. The summed E-state index contributed by atoms with van der Waals surface area (Å²) < 4.78 is 20.6. The molecule has 0 radical (unpaired) electrons. The molecule has 2 aliphatic rings. The third-order valence-electron chi connectivity index (χ3n) is 5.04. The van der Waals surface area contributed by atoms with E-state index in [1.54, 1.807) is 0 Å². The molecule has 1 fully saturated rings. The molecule has 2 aromatic rings. The number of halogens is 1. The van der Waals surface area contributed by atoms with Crippen LogP contribution in [0.15, 0.2) is 24.3 Å². The molecule has 0 spiro atoms. The van der Waals surface area contributed by atoms with Crippen LogP contribution in [0.5, 0.6) is 5.75 Å². The molecule has 3 heterocycles. The van der Waals surface area contributed by atoms with Crippen molar-refractivity contribution >= 4 is 5.91 Å². The number of likely N-dealkylation sites (tertiary alicyclic amines) is 1. The van der Waals surface area contributed by atoms with Gasteiger partial charge in [-0.1, -0.05) is 0 Å². The molecular formula is C18H22FN5O2. The SMILES string of the molecule is O=C(COc1ccc(F)cc1)N1CCC(c2nnc3n2CCNC3)CC1. The molecule has 7 nitrogen and oxygen atoms in total. The molecule has 1 saturated heterocycles. The van der Waals surface area contributed by atoms with E-state index in [0.29, 0.717) is 24.8 Å². The Hall–Kier alpha value is -2.48. The minimum atomic E-state index is -0.322. The first-order valence-electron chi connectivity index (χ1n) is 8.99. The lowest BCUT2D eigenvalue weighted by Gasteiger charge is -2.32. The highest BCUT2D eigenvalue weighted by molar-refractivity contribution is 5.77. The van der Waals surface area contributed by atoms with Gasteiger partial charge in [-0.05, 0) is 37.1 Å². The van der Waals surface area contributed by atoms with Crippen molar-refractivity contribution in [2.75, 3.05) is 26.2 Å². The fourth-order valence-corrected chi connectivity index (χ4v) is 3.57. The minimum Gasteiger partial charge on any atom is -0.484 e. The Morgan fingerprint density at radius 3 is 2.73 bits per heavy atom. The minimum absolute atomic E-state index is 0.0255. The van der Waals surface area contributed by atoms with Gasteiger partial charge in [0.05, 0.1) is 6.54 Å². The van der Waals surface area contributed by atoms with Crippen LogP contribution in [0.3, 0.4) is 0 Å². The Bertz CT molecular complexity index is 768. The molecule has 0 aliphatic carbocycles. The van der Waals surface area contributed by atoms with Crippen molar-refractivity contribution in [2.24, 2.45) is 0 Å². The molecular weight excluding hydrogens is 337 g/mol. The van der Waals surface area contributed by atoms with Gasteiger partial charge in [-0.15, -0.1) is 10.2 Å². The smallest absolute Gasteiger partial charge is 0.260 e. The van der Waals surface area contributed by atoms with E-state index in [2.05, 4.69) is 20.1 Å². The zero-order valence-corrected chi connectivity index (χ0v) is 14.5. The number of benzene rings is 1. The number of hydrogen-bond donors (Lipinski definition) is 1. The van der Waals surface area contributed by atoms with Crippen LogP contribution >= 0.6 is 0 Å². The lowest BCUT2D eigenvalue weighted by molar-refractivity contribution is -0.134. The van der Waals surface area contributed by atoms with Gasteiger partial charge in [0, 0.05) is 32.1 Å².